The van der Waals surface area contributed by atoms with Crippen LogP contribution in [0.2, 0.25) is 0 Å². The van der Waals surface area contributed by atoms with E-state index in [1.54, 1.807) is 5.57 Å². The number of likely N-dealkylation sites (tertiary alicyclic amines) is 1. The molecule has 5 rings (SSSR count). The van der Waals surface area contributed by atoms with Gasteiger partial charge in [-0.15, -0.1) is 0 Å². The summed E-state index contributed by atoms with van der Waals surface area (Å²) in [6, 6.07) is 10.4. The van der Waals surface area contributed by atoms with Gasteiger partial charge in [-0.1, -0.05) is 48.9 Å². The van der Waals surface area contributed by atoms with Crippen LogP contribution in [0.25, 0.3) is 0 Å². The minimum absolute atomic E-state index is 0.00474. The maximum atomic E-state index is 6.04. The van der Waals surface area contributed by atoms with Crippen LogP contribution in [-0.4, -0.2) is 41.1 Å². The summed E-state index contributed by atoms with van der Waals surface area (Å²) in [6.07, 6.45) is 8.09. The summed E-state index contributed by atoms with van der Waals surface area (Å²) in [5, 5.41) is 3.42. The van der Waals surface area contributed by atoms with Crippen molar-refractivity contribution in [1.82, 2.24) is 14.9 Å². The fourth-order valence-corrected chi connectivity index (χ4v) is 5.66. The van der Waals surface area contributed by atoms with Crippen LogP contribution in [0.4, 0.5) is 5.95 Å². The number of fused-ring (bicyclic) bond motifs is 2. The number of nitrogens with zero attached hydrogens (tertiary/aromatic N) is 3. The van der Waals surface area contributed by atoms with E-state index in [0.29, 0.717) is 12.5 Å². The SMILES string of the molecule is CC1=CCCC(C)C1CN1CCC2(COCc3cnc(NCc4ccccc4)nc32)C1. The Morgan fingerprint density at radius 1 is 1.26 bits per heavy atom. The van der Waals surface area contributed by atoms with Crippen LogP contribution in [0.1, 0.15) is 49.9 Å². The van der Waals surface area contributed by atoms with Gasteiger partial charge in [0.25, 0.3) is 0 Å². The summed E-state index contributed by atoms with van der Waals surface area (Å²) in [6.45, 7) is 10.2. The Balaban J connectivity index is 1.32. The Hall–Kier alpha value is -2.24. The van der Waals surface area contributed by atoms with Gasteiger partial charge in [0.05, 0.1) is 24.3 Å². The van der Waals surface area contributed by atoms with Gasteiger partial charge >= 0.3 is 0 Å². The fraction of sp³-hybridized carbons (Fsp3) is 0.538. The summed E-state index contributed by atoms with van der Waals surface area (Å²) < 4.78 is 6.04. The van der Waals surface area contributed by atoms with Crippen molar-refractivity contribution in [2.75, 3.05) is 31.6 Å². The van der Waals surface area contributed by atoms with Crippen LogP contribution < -0.4 is 5.32 Å². The largest absolute Gasteiger partial charge is 0.376 e. The molecule has 1 aliphatic carbocycles. The number of hydrogen-bond donors (Lipinski definition) is 1. The van der Waals surface area contributed by atoms with E-state index in [1.165, 1.54) is 24.1 Å². The van der Waals surface area contributed by atoms with Crippen LogP contribution in [0.15, 0.2) is 48.2 Å². The predicted molar refractivity (Wildman–Crippen MR) is 124 cm³/mol. The topological polar surface area (TPSA) is 50.3 Å². The molecule has 1 fully saturated rings. The van der Waals surface area contributed by atoms with Crippen molar-refractivity contribution in [2.24, 2.45) is 11.8 Å². The maximum Gasteiger partial charge on any atom is 0.223 e. The average molecular weight is 419 g/mol. The lowest BCUT2D eigenvalue weighted by molar-refractivity contribution is 0.0497. The van der Waals surface area contributed by atoms with E-state index < -0.39 is 0 Å². The molecule has 1 N–H and O–H groups in total. The van der Waals surface area contributed by atoms with E-state index in [0.717, 1.165) is 56.6 Å². The number of allylic oxidation sites excluding steroid dienone is 1. The fourth-order valence-electron chi connectivity index (χ4n) is 5.66. The van der Waals surface area contributed by atoms with Gasteiger partial charge in [-0.25, -0.2) is 9.97 Å². The minimum Gasteiger partial charge on any atom is -0.376 e. The van der Waals surface area contributed by atoms with Gasteiger partial charge in [0.15, 0.2) is 0 Å². The lowest BCUT2D eigenvalue weighted by Crippen LogP contribution is -2.42. The molecule has 3 atom stereocenters. The second kappa shape index (κ2) is 8.71. The number of nitrogens with one attached hydrogen (secondary N) is 1. The van der Waals surface area contributed by atoms with E-state index in [1.807, 2.05) is 12.3 Å². The molecular formula is C26H34N4O. The number of rotatable bonds is 5. The zero-order valence-corrected chi connectivity index (χ0v) is 18.8. The van der Waals surface area contributed by atoms with E-state index in [9.17, 15) is 0 Å². The first-order valence-electron chi connectivity index (χ1n) is 11.7. The van der Waals surface area contributed by atoms with Gasteiger partial charge < -0.3 is 15.0 Å². The smallest absolute Gasteiger partial charge is 0.223 e. The Morgan fingerprint density at radius 2 is 2.13 bits per heavy atom. The quantitative estimate of drug-likeness (QED) is 0.722. The highest BCUT2D eigenvalue weighted by molar-refractivity contribution is 5.37. The molecule has 1 aromatic carbocycles. The van der Waals surface area contributed by atoms with Crippen molar-refractivity contribution in [2.45, 2.75) is 51.7 Å². The molecule has 5 nitrogen and oxygen atoms in total. The molecule has 5 heteroatoms. The van der Waals surface area contributed by atoms with Crippen molar-refractivity contribution >= 4 is 5.95 Å². The van der Waals surface area contributed by atoms with Gasteiger partial charge in [0, 0.05) is 31.4 Å². The maximum absolute atomic E-state index is 6.04. The molecule has 0 bridgehead atoms. The summed E-state index contributed by atoms with van der Waals surface area (Å²) >= 11 is 0. The van der Waals surface area contributed by atoms with E-state index in [-0.39, 0.29) is 5.41 Å². The standard InChI is InChI=1S/C26H34N4O/c1-19-7-6-8-20(2)23(19)15-30-12-11-26(17-30)18-31-16-22-14-28-25(29-24(22)26)27-13-21-9-4-3-5-10-21/h3-5,7,9-10,14,20,23H,6,8,11-13,15-18H2,1-2H3,(H,27,28,29). The second-order valence-electron chi connectivity index (χ2n) is 9.77. The van der Waals surface area contributed by atoms with Crippen LogP contribution >= 0.6 is 0 Å². The Bertz CT molecular complexity index is 944. The number of ether oxygens (including phenoxy) is 1. The van der Waals surface area contributed by atoms with Crippen LogP contribution in [0.3, 0.4) is 0 Å². The molecule has 164 valence electrons. The number of aromatic nitrogens is 2. The van der Waals surface area contributed by atoms with Crippen molar-refractivity contribution in [3.05, 3.63) is 65.0 Å². The molecule has 2 aromatic rings. The van der Waals surface area contributed by atoms with E-state index in [4.69, 9.17) is 9.72 Å². The normalized spacial score (nSPS) is 28.4. The van der Waals surface area contributed by atoms with Crippen LogP contribution in [0, 0.1) is 11.8 Å². The molecule has 3 aliphatic rings. The minimum atomic E-state index is -0.00474. The zero-order valence-electron chi connectivity index (χ0n) is 18.8. The number of benzene rings is 1. The first kappa shape index (κ1) is 20.7. The number of hydrogen-bond acceptors (Lipinski definition) is 5. The summed E-state index contributed by atoms with van der Waals surface area (Å²) in [4.78, 5) is 12.3. The summed E-state index contributed by atoms with van der Waals surface area (Å²) in [5.41, 5.74) is 5.17. The summed E-state index contributed by atoms with van der Waals surface area (Å²) in [5.74, 6) is 2.18. The molecule has 3 unspecified atom stereocenters. The molecule has 1 spiro atoms. The Morgan fingerprint density at radius 3 is 2.97 bits per heavy atom. The molecule has 0 saturated carbocycles. The highest BCUT2D eigenvalue weighted by atomic mass is 16.5. The molecule has 2 aliphatic heterocycles. The van der Waals surface area contributed by atoms with Crippen LogP contribution in [-0.2, 0) is 23.3 Å². The zero-order chi connectivity index (χ0) is 21.3. The van der Waals surface area contributed by atoms with Crippen molar-refractivity contribution in [3.8, 4) is 0 Å². The highest BCUT2D eigenvalue weighted by Crippen LogP contribution is 2.40. The third kappa shape index (κ3) is 4.26. The molecular weight excluding hydrogens is 384 g/mol. The van der Waals surface area contributed by atoms with Gasteiger partial charge in [-0.05, 0) is 50.1 Å². The summed E-state index contributed by atoms with van der Waals surface area (Å²) in [7, 11) is 0. The number of anilines is 1. The molecule has 1 saturated heterocycles. The highest BCUT2D eigenvalue weighted by Gasteiger charge is 2.45. The lowest BCUT2D eigenvalue weighted by atomic mass is 9.79. The average Bonchev–Trinajstić information content (AvgIpc) is 3.19. The lowest BCUT2D eigenvalue weighted by Gasteiger charge is -2.36. The first-order valence-corrected chi connectivity index (χ1v) is 11.7. The molecule has 1 aromatic heterocycles. The first-order chi connectivity index (χ1) is 15.1. The molecule has 31 heavy (non-hydrogen) atoms. The monoisotopic (exact) mass is 418 g/mol. The third-order valence-electron chi connectivity index (χ3n) is 7.54. The second-order valence-corrected chi connectivity index (χ2v) is 9.77. The van der Waals surface area contributed by atoms with Gasteiger partial charge in [-0.2, -0.15) is 0 Å². The van der Waals surface area contributed by atoms with Gasteiger partial charge in [0.2, 0.25) is 5.95 Å². The van der Waals surface area contributed by atoms with Crippen molar-refractivity contribution < 1.29 is 4.74 Å². The predicted octanol–water partition coefficient (Wildman–Crippen LogP) is 4.55. The molecule has 0 amide bonds. The third-order valence-corrected chi connectivity index (χ3v) is 7.54. The van der Waals surface area contributed by atoms with E-state index >= 15 is 0 Å². The van der Waals surface area contributed by atoms with Crippen molar-refractivity contribution in [3.63, 3.8) is 0 Å². The molecule has 3 heterocycles. The van der Waals surface area contributed by atoms with E-state index in [2.05, 4.69) is 59.4 Å². The van der Waals surface area contributed by atoms with Crippen molar-refractivity contribution in [1.29, 1.82) is 0 Å². The van der Waals surface area contributed by atoms with Crippen LogP contribution in [0.5, 0.6) is 0 Å². The molecule has 0 radical (unpaired) electrons. The van der Waals surface area contributed by atoms with Gasteiger partial charge in [-0.3, -0.25) is 0 Å². The Kier molecular flexibility index (Phi) is 5.81. The van der Waals surface area contributed by atoms with Gasteiger partial charge in [0.1, 0.15) is 0 Å². The Labute approximate surface area is 185 Å².